The number of nitrogens with zero attached hydrogens (tertiary/aromatic N) is 3. The molecule has 8 aromatic carbocycles. The van der Waals surface area contributed by atoms with Gasteiger partial charge in [-0.15, -0.1) is 0 Å². The zero-order valence-electron chi connectivity index (χ0n) is 28.9. The van der Waals surface area contributed by atoms with E-state index in [9.17, 15) is 0 Å². The van der Waals surface area contributed by atoms with Gasteiger partial charge in [0.2, 0.25) is 0 Å². The minimum atomic E-state index is 0.189. The lowest BCUT2D eigenvalue weighted by molar-refractivity contribution is 1.13. The Labute approximate surface area is 320 Å². The molecule has 3 aliphatic heterocycles. The van der Waals surface area contributed by atoms with Crippen molar-refractivity contribution in [1.29, 1.82) is 0 Å². The molecule has 0 saturated carbocycles. The highest BCUT2D eigenvalue weighted by Crippen LogP contribution is 2.48. The van der Waals surface area contributed by atoms with Crippen molar-refractivity contribution >= 4 is 107 Å². The summed E-state index contributed by atoms with van der Waals surface area (Å²) in [4.78, 5) is 7.86. The number of anilines is 3. The van der Waals surface area contributed by atoms with Crippen LogP contribution in [0.2, 0.25) is 0 Å². The van der Waals surface area contributed by atoms with Crippen LogP contribution in [0.3, 0.4) is 0 Å². The van der Waals surface area contributed by atoms with Crippen LogP contribution in [-0.4, -0.2) is 15.8 Å². The van der Waals surface area contributed by atoms with Gasteiger partial charge in [-0.25, -0.2) is 0 Å². The van der Waals surface area contributed by atoms with Crippen LogP contribution in [0.4, 0.5) is 17.1 Å². The number of hydrogen-bond donors (Lipinski definition) is 0. The second kappa shape index (κ2) is 10.8. The number of fused-ring (bicyclic) bond motifs is 7. The van der Waals surface area contributed by atoms with E-state index in [1.165, 1.54) is 108 Å². The fraction of sp³-hybridized carbons (Fsp3) is 0. The van der Waals surface area contributed by atoms with Crippen molar-refractivity contribution in [2.75, 3.05) is 4.90 Å². The molecule has 0 atom stereocenters. The van der Waals surface area contributed by atoms with Gasteiger partial charge in [0.05, 0.1) is 22.1 Å². The summed E-state index contributed by atoms with van der Waals surface area (Å²) in [5.74, 6) is 0. The average Bonchev–Trinajstić information content (AvgIpc) is 3.75. The third kappa shape index (κ3) is 3.76. The zero-order chi connectivity index (χ0) is 35.1. The van der Waals surface area contributed by atoms with Crippen molar-refractivity contribution in [2.45, 2.75) is 19.6 Å². The SMILES string of the molecule is c1ccc(N2c3cccc4c3B3c5c(cc(-n6c7ccccc7c7ccc8c9ccccc9n(-c9ccccc9)c8c76)cc5Sc5cccc2c53)S4)cc1. The van der Waals surface area contributed by atoms with E-state index in [1.54, 1.807) is 0 Å². The Hall–Kier alpha value is -6.08. The molecule has 0 spiro atoms. The maximum Gasteiger partial charge on any atom is 0.252 e. The van der Waals surface area contributed by atoms with Gasteiger partial charge < -0.3 is 14.0 Å². The molecule has 250 valence electrons. The lowest BCUT2D eigenvalue weighted by atomic mass is 9.34. The van der Waals surface area contributed by atoms with E-state index in [0.717, 1.165) is 0 Å². The van der Waals surface area contributed by atoms with Crippen LogP contribution in [-0.2, 0) is 0 Å². The second-order valence-corrected chi connectivity index (χ2v) is 16.6. The number of para-hydroxylation sites is 4. The summed E-state index contributed by atoms with van der Waals surface area (Å²) in [6.45, 7) is 0.189. The summed E-state index contributed by atoms with van der Waals surface area (Å²) in [7, 11) is 0. The van der Waals surface area contributed by atoms with E-state index < -0.39 is 0 Å². The second-order valence-electron chi connectivity index (χ2n) is 14.4. The van der Waals surface area contributed by atoms with Crippen molar-refractivity contribution in [3.63, 3.8) is 0 Å². The standard InChI is InChI=1S/C48H28BN3S2/c1-3-13-29(14-4-1)50-38-21-11-23-40-44(38)49-45-39(50)22-12-24-41(45)54-43-28-31(27-42(53-40)46(43)49)52-37-20-10-8-18-33(37)35-26-25-34-32-17-7-9-19-36(32)51(47(34)48(35)52)30-15-5-2-6-16-30/h1-28H. The third-order valence-corrected chi connectivity index (χ3v) is 14.0. The zero-order valence-corrected chi connectivity index (χ0v) is 30.5. The fourth-order valence-corrected chi connectivity index (χ4v) is 12.2. The Morgan fingerprint density at radius 2 is 0.833 bits per heavy atom. The summed E-state index contributed by atoms with van der Waals surface area (Å²) in [5.41, 5.74) is 15.4. The molecule has 0 fully saturated rings. The molecule has 0 radical (unpaired) electrons. The summed E-state index contributed by atoms with van der Waals surface area (Å²) in [6, 6.07) is 62.9. The monoisotopic (exact) mass is 721 g/mol. The Morgan fingerprint density at radius 1 is 0.352 bits per heavy atom. The van der Waals surface area contributed by atoms with E-state index >= 15 is 0 Å². The molecule has 3 aliphatic rings. The maximum atomic E-state index is 2.55. The quantitative estimate of drug-likeness (QED) is 0.169. The highest BCUT2D eigenvalue weighted by molar-refractivity contribution is 8.01. The minimum absolute atomic E-state index is 0.189. The van der Waals surface area contributed by atoms with E-state index in [4.69, 9.17) is 0 Å². The largest absolute Gasteiger partial charge is 0.311 e. The topological polar surface area (TPSA) is 13.1 Å². The highest BCUT2D eigenvalue weighted by atomic mass is 32.2. The molecular weight excluding hydrogens is 693 g/mol. The van der Waals surface area contributed by atoms with Gasteiger partial charge in [0, 0.05) is 69.6 Å². The van der Waals surface area contributed by atoms with Gasteiger partial charge in [-0.3, -0.25) is 0 Å². The number of hydrogen-bond acceptors (Lipinski definition) is 3. The van der Waals surface area contributed by atoms with Crippen molar-refractivity contribution in [3.05, 3.63) is 170 Å². The van der Waals surface area contributed by atoms with Gasteiger partial charge >= 0.3 is 0 Å². The predicted molar refractivity (Wildman–Crippen MR) is 229 cm³/mol. The molecule has 2 aromatic heterocycles. The Bertz CT molecular complexity index is 3160. The fourth-order valence-electron chi connectivity index (χ4n) is 9.65. The van der Waals surface area contributed by atoms with Crippen LogP contribution in [0.1, 0.15) is 0 Å². The Balaban J connectivity index is 1.12. The van der Waals surface area contributed by atoms with Gasteiger partial charge in [-0.05, 0) is 89.2 Å². The summed E-state index contributed by atoms with van der Waals surface area (Å²) in [5, 5.41) is 5.07. The van der Waals surface area contributed by atoms with Crippen molar-refractivity contribution in [3.8, 4) is 11.4 Å². The van der Waals surface area contributed by atoms with Gasteiger partial charge in [-0.1, -0.05) is 121 Å². The van der Waals surface area contributed by atoms with Crippen LogP contribution < -0.4 is 21.3 Å². The first kappa shape index (κ1) is 29.4. The van der Waals surface area contributed by atoms with E-state index in [2.05, 4.69) is 184 Å². The first-order chi connectivity index (χ1) is 26.8. The summed E-state index contributed by atoms with van der Waals surface area (Å²) >= 11 is 3.87. The molecule has 0 unspecified atom stereocenters. The minimum Gasteiger partial charge on any atom is -0.311 e. The first-order valence-electron chi connectivity index (χ1n) is 18.5. The lowest BCUT2D eigenvalue weighted by Crippen LogP contribution is -2.62. The predicted octanol–water partition coefficient (Wildman–Crippen LogP) is 11.1. The van der Waals surface area contributed by atoms with Gasteiger partial charge in [-0.2, -0.15) is 0 Å². The van der Waals surface area contributed by atoms with Crippen LogP contribution in [0.5, 0.6) is 0 Å². The number of benzene rings is 8. The smallest absolute Gasteiger partial charge is 0.252 e. The molecule has 3 nitrogen and oxygen atoms in total. The van der Waals surface area contributed by atoms with Crippen molar-refractivity contribution < 1.29 is 0 Å². The molecular formula is C48H28BN3S2. The van der Waals surface area contributed by atoms with Gasteiger partial charge in [0.1, 0.15) is 0 Å². The molecule has 0 bridgehead atoms. The molecule has 6 heteroatoms. The van der Waals surface area contributed by atoms with Crippen molar-refractivity contribution in [1.82, 2.24) is 9.13 Å². The molecule has 5 heterocycles. The van der Waals surface area contributed by atoms with E-state index in [-0.39, 0.29) is 6.71 Å². The molecule has 10 aromatic rings. The molecule has 54 heavy (non-hydrogen) atoms. The lowest BCUT2D eigenvalue weighted by Gasteiger charge is -2.43. The number of rotatable bonds is 3. The molecule has 0 saturated heterocycles. The normalized spacial score (nSPS) is 13.7. The van der Waals surface area contributed by atoms with Crippen LogP contribution in [0.25, 0.3) is 55.0 Å². The average molecular weight is 722 g/mol. The summed E-state index contributed by atoms with van der Waals surface area (Å²) in [6.07, 6.45) is 0. The molecule has 0 amide bonds. The maximum absolute atomic E-state index is 2.55. The molecule has 13 rings (SSSR count). The first-order valence-corrected chi connectivity index (χ1v) is 20.1. The number of aromatic nitrogens is 2. The van der Waals surface area contributed by atoms with Crippen LogP contribution >= 0.6 is 23.5 Å². The van der Waals surface area contributed by atoms with E-state index in [0.29, 0.717) is 0 Å². The van der Waals surface area contributed by atoms with Gasteiger partial charge in [0.15, 0.2) is 0 Å². The Kier molecular flexibility index (Phi) is 5.85. The van der Waals surface area contributed by atoms with Crippen molar-refractivity contribution in [2.24, 2.45) is 0 Å². The Morgan fingerprint density at radius 3 is 1.39 bits per heavy atom. The van der Waals surface area contributed by atoms with Crippen LogP contribution in [0, 0.1) is 0 Å². The molecule has 0 aliphatic carbocycles. The van der Waals surface area contributed by atoms with Gasteiger partial charge in [0.25, 0.3) is 6.71 Å². The molecule has 0 N–H and O–H groups in total. The third-order valence-electron chi connectivity index (χ3n) is 11.7. The highest BCUT2D eigenvalue weighted by Gasteiger charge is 2.45. The van der Waals surface area contributed by atoms with Crippen LogP contribution in [0.15, 0.2) is 189 Å². The van der Waals surface area contributed by atoms with E-state index in [1.807, 2.05) is 23.5 Å². The summed E-state index contributed by atoms with van der Waals surface area (Å²) < 4.78 is 5.03.